The molecule has 37 heavy (non-hydrogen) atoms. The molecule has 1 heterocycles. The first-order valence-electron chi connectivity index (χ1n) is 12.7. The summed E-state index contributed by atoms with van der Waals surface area (Å²) in [5, 5.41) is 9.80. The van der Waals surface area contributed by atoms with Gasteiger partial charge < -0.3 is 4.42 Å². The molecule has 0 atom stereocenters. The van der Waals surface area contributed by atoms with Crippen molar-refractivity contribution in [3.05, 3.63) is 133 Å². The van der Waals surface area contributed by atoms with Crippen LogP contribution in [0.15, 0.2) is 138 Å². The van der Waals surface area contributed by atoms with E-state index in [1.165, 1.54) is 54.6 Å². The minimum Gasteiger partial charge on any atom is -0.456 e. The summed E-state index contributed by atoms with van der Waals surface area (Å²) in [6.45, 7) is 0. The Balaban J connectivity index is 1.53. The number of benzene rings is 7. The van der Waals surface area contributed by atoms with Gasteiger partial charge in [-0.15, -0.1) is 0 Å². The van der Waals surface area contributed by atoms with Gasteiger partial charge in [-0.2, -0.15) is 0 Å². The SMILES string of the molecule is c1ccc(-c2c3ccccc3c(-c3cccc4cc5c(cc34)oc3ccccc35)c3ccccc23)cc1. The topological polar surface area (TPSA) is 13.1 Å². The predicted molar refractivity (Wildman–Crippen MR) is 157 cm³/mol. The molecule has 0 bridgehead atoms. The smallest absolute Gasteiger partial charge is 0.136 e. The number of para-hydroxylation sites is 1. The lowest BCUT2D eigenvalue weighted by Gasteiger charge is -2.18. The normalized spacial score (nSPS) is 11.8. The first-order valence-corrected chi connectivity index (χ1v) is 12.7. The van der Waals surface area contributed by atoms with Gasteiger partial charge in [-0.25, -0.2) is 0 Å². The fourth-order valence-electron chi connectivity index (χ4n) is 6.05. The Morgan fingerprint density at radius 2 is 0.946 bits per heavy atom. The van der Waals surface area contributed by atoms with E-state index in [9.17, 15) is 0 Å². The van der Waals surface area contributed by atoms with Gasteiger partial charge in [0.05, 0.1) is 0 Å². The Kier molecular flexibility index (Phi) is 4.29. The number of fused-ring (bicyclic) bond motifs is 6. The maximum atomic E-state index is 6.30. The molecule has 1 heteroatoms. The summed E-state index contributed by atoms with van der Waals surface area (Å²) in [6, 6.07) is 47.8. The summed E-state index contributed by atoms with van der Waals surface area (Å²) in [5.74, 6) is 0. The first-order chi connectivity index (χ1) is 18.4. The van der Waals surface area contributed by atoms with Crippen molar-refractivity contribution in [3.8, 4) is 22.3 Å². The molecule has 0 unspecified atom stereocenters. The molecule has 0 saturated heterocycles. The molecule has 8 rings (SSSR count). The fraction of sp³-hybridized carbons (Fsp3) is 0. The first kappa shape index (κ1) is 20.3. The molecule has 0 amide bonds. The second-order valence-corrected chi connectivity index (χ2v) is 9.68. The summed E-state index contributed by atoms with van der Waals surface area (Å²) in [7, 11) is 0. The maximum Gasteiger partial charge on any atom is 0.136 e. The van der Waals surface area contributed by atoms with Crippen LogP contribution >= 0.6 is 0 Å². The Morgan fingerprint density at radius 3 is 1.65 bits per heavy atom. The largest absolute Gasteiger partial charge is 0.456 e. The quantitative estimate of drug-likeness (QED) is 0.229. The van der Waals surface area contributed by atoms with Gasteiger partial charge in [0.15, 0.2) is 0 Å². The molecule has 7 aromatic carbocycles. The van der Waals surface area contributed by atoms with E-state index in [2.05, 4.69) is 121 Å². The number of furan rings is 1. The monoisotopic (exact) mass is 470 g/mol. The van der Waals surface area contributed by atoms with E-state index in [0.29, 0.717) is 0 Å². The zero-order valence-electron chi connectivity index (χ0n) is 20.1. The van der Waals surface area contributed by atoms with Gasteiger partial charge >= 0.3 is 0 Å². The van der Waals surface area contributed by atoms with E-state index in [-0.39, 0.29) is 0 Å². The number of hydrogen-bond donors (Lipinski definition) is 0. The molecular weight excluding hydrogens is 448 g/mol. The van der Waals surface area contributed by atoms with Gasteiger partial charge in [0.25, 0.3) is 0 Å². The van der Waals surface area contributed by atoms with Crippen LogP contribution in [0.25, 0.3) is 76.5 Å². The average molecular weight is 471 g/mol. The zero-order chi connectivity index (χ0) is 24.3. The van der Waals surface area contributed by atoms with Crippen LogP contribution in [-0.2, 0) is 0 Å². The van der Waals surface area contributed by atoms with Gasteiger partial charge in [0, 0.05) is 10.8 Å². The number of hydrogen-bond acceptors (Lipinski definition) is 1. The van der Waals surface area contributed by atoms with E-state index >= 15 is 0 Å². The van der Waals surface area contributed by atoms with Gasteiger partial charge in [0.2, 0.25) is 0 Å². The van der Waals surface area contributed by atoms with E-state index in [1.54, 1.807) is 0 Å². The Bertz CT molecular complexity index is 2070. The van der Waals surface area contributed by atoms with Gasteiger partial charge in [-0.05, 0) is 72.8 Å². The van der Waals surface area contributed by atoms with Gasteiger partial charge in [-0.1, -0.05) is 115 Å². The third-order valence-electron chi connectivity index (χ3n) is 7.64. The van der Waals surface area contributed by atoms with Crippen LogP contribution in [0.1, 0.15) is 0 Å². The van der Waals surface area contributed by atoms with Crippen LogP contribution in [0.2, 0.25) is 0 Å². The minimum absolute atomic E-state index is 0.927. The van der Waals surface area contributed by atoms with Crippen molar-refractivity contribution in [1.82, 2.24) is 0 Å². The summed E-state index contributed by atoms with van der Waals surface area (Å²) >= 11 is 0. The highest BCUT2D eigenvalue weighted by molar-refractivity contribution is 6.24. The molecule has 0 saturated carbocycles. The average Bonchev–Trinajstić information content (AvgIpc) is 3.32. The van der Waals surface area contributed by atoms with Crippen molar-refractivity contribution < 1.29 is 4.42 Å². The van der Waals surface area contributed by atoms with E-state index in [4.69, 9.17) is 4.42 Å². The van der Waals surface area contributed by atoms with Crippen molar-refractivity contribution in [2.45, 2.75) is 0 Å². The third kappa shape index (κ3) is 2.98. The lowest BCUT2D eigenvalue weighted by atomic mass is 9.84. The summed E-state index contributed by atoms with van der Waals surface area (Å²) in [4.78, 5) is 0. The fourth-order valence-corrected chi connectivity index (χ4v) is 6.05. The molecular formula is C36H22O. The summed E-state index contributed by atoms with van der Waals surface area (Å²) in [5.41, 5.74) is 6.88. The third-order valence-corrected chi connectivity index (χ3v) is 7.64. The molecule has 8 aromatic rings. The Hall–Kier alpha value is -4.88. The second-order valence-electron chi connectivity index (χ2n) is 9.68. The van der Waals surface area contributed by atoms with E-state index in [1.807, 2.05) is 12.1 Å². The molecule has 0 aliphatic heterocycles. The number of rotatable bonds is 2. The van der Waals surface area contributed by atoms with Crippen LogP contribution in [0.4, 0.5) is 0 Å². The van der Waals surface area contributed by atoms with E-state index < -0.39 is 0 Å². The summed E-state index contributed by atoms with van der Waals surface area (Å²) < 4.78 is 6.30. The lowest BCUT2D eigenvalue weighted by Crippen LogP contribution is -1.91. The van der Waals surface area contributed by atoms with Gasteiger partial charge in [-0.3, -0.25) is 0 Å². The van der Waals surface area contributed by atoms with Crippen LogP contribution in [0.3, 0.4) is 0 Å². The van der Waals surface area contributed by atoms with Crippen molar-refractivity contribution in [2.75, 3.05) is 0 Å². The predicted octanol–water partition coefficient (Wildman–Crippen LogP) is 10.4. The van der Waals surface area contributed by atoms with E-state index in [0.717, 1.165) is 21.9 Å². The molecule has 0 aliphatic rings. The van der Waals surface area contributed by atoms with Crippen molar-refractivity contribution in [3.63, 3.8) is 0 Å². The van der Waals surface area contributed by atoms with Crippen LogP contribution in [0, 0.1) is 0 Å². The van der Waals surface area contributed by atoms with Crippen LogP contribution in [-0.4, -0.2) is 0 Å². The Labute approximate surface area is 214 Å². The molecule has 0 N–H and O–H groups in total. The molecule has 0 fully saturated rings. The van der Waals surface area contributed by atoms with Crippen molar-refractivity contribution in [1.29, 1.82) is 0 Å². The van der Waals surface area contributed by atoms with Crippen molar-refractivity contribution in [2.24, 2.45) is 0 Å². The molecule has 0 aliphatic carbocycles. The van der Waals surface area contributed by atoms with Crippen LogP contribution < -0.4 is 0 Å². The molecule has 172 valence electrons. The highest BCUT2D eigenvalue weighted by atomic mass is 16.3. The zero-order valence-corrected chi connectivity index (χ0v) is 20.1. The molecule has 1 aromatic heterocycles. The van der Waals surface area contributed by atoms with Crippen LogP contribution in [0.5, 0.6) is 0 Å². The lowest BCUT2D eigenvalue weighted by molar-refractivity contribution is 0.669. The second kappa shape index (κ2) is 7.81. The van der Waals surface area contributed by atoms with Crippen molar-refractivity contribution >= 4 is 54.3 Å². The molecule has 0 spiro atoms. The maximum absolute atomic E-state index is 6.30. The summed E-state index contributed by atoms with van der Waals surface area (Å²) in [6.07, 6.45) is 0. The standard InChI is InChI=1S/C36H22O/c1-2-11-23(12-3-1)35-26-15-4-6-17-28(26)36(29-18-7-5-16-27(29)35)30-19-10-13-24-21-32-25-14-8-9-20-33(25)37-34(32)22-31(24)30/h1-22H. The Morgan fingerprint density at radius 1 is 0.351 bits per heavy atom. The highest BCUT2D eigenvalue weighted by Crippen LogP contribution is 2.45. The van der Waals surface area contributed by atoms with Gasteiger partial charge in [0.1, 0.15) is 11.2 Å². The molecule has 0 radical (unpaired) electrons. The minimum atomic E-state index is 0.927. The molecule has 1 nitrogen and oxygen atoms in total. The highest BCUT2D eigenvalue weighted by Gasteiger charge is 2.18.